The van der Waals surface area contributed by atoms with E-state index < -0.39 is 0 Å². The summed E-state index contributed by atoms with van der Waals surface area (Å²) in [4.78, 5) is 0. The Bertz CT molecular complexity index is 733. The van der Waals surface area contributed by atoms with Gasteiger partial charge in [-0.1, -0.05) is 29.8 Å². The fourth-order valence-corrected chi connectivity index (χ4v) is 2.26. The van der Waals surface area contributed by atoms with Crippen LogP contribution in [0.2, 0.25) is 5.02 Å². The molecule has 0 radical (unpaired) electrons. The van der Waals surface area contributed by atoms with Crippen molar-refractivity contribution in [2.45, 2.75) is 6.61 Å². The van der Waals surface area contributed by atoms with Crippen molar-refractivity contribution in [1.82, 2.24) is 0 Å². The molecule has 3 rings (SSSR count). The number of benzene rings is 2. The molecule has 0 aliphatic heterocycles. The Labute approximate surface area is 121 Å². The molecule has 0 spiro atoms. The number of ether oxygens (including phenoxy) is 2. The van der Waals surface area contributed by atoms with Gasteiger partial charge in [-0.15, -0.1) is 0 Å². The maximum absolute atomic E-state index is 6.11. The fraction of sp³-hybridized carbons (Fsp3) is 0.125. The van der Waals surface area contributed by atoms with E-state index in [0.29, 0.717) is 23.1 Å². The number of halogens is 1. The van der Waals surface area contributed by atoms with Crippen molar-refractivity contribution in [2.24, 2.45) is 0 Å². The van der Waals surface area contributed by atoms with Crippen molar-refractivity contribution < 1.29 is 13.9 Å². The van der Waals surface area contributed by atoms with Crippen LogP contribution in [-0.4, -0.2) is 7.11 Å². The Morgan fingerprint density at radius 2 is 1.85 bits per heavy atom. The Balaban J connectivity index is 1.82. The van der Waals surface area contributed by atoms with E-state index in [1.807, 2.05) is 48.5 Å². The highest BCUT2D eigenvalue weighted by Crippen LogP contribution is 2.29. The number of hydrogen-bond donors (Lipinski definition) is 0. The van der Waals surface area contributed by atoms with Crippen LogP contribution in [0, 0.1) is 0 Å². The monoisotopic (exact) mass is 288 g/mol. The second-order valence-corrected chi connectivity index (χ2v) is 4.71. The van der Waals surface area contributed by atoms with Crippen LogP contribution in [0.4, 0.5) is 0 Å². The molecule has 1 heterocycles. The summed E-state index contributed by atoms with van der Waals surface area (Å²) in [7, 11) is 1.61. The zero-order valence-electron chi connectivity index (χ0n) is 10.9. The van der Waals surface area contributed by atoms with Crippen molar-refractivity contribution in [1.29, 1.82) is 0 Å². The lowest BCUT2D eigenvalue weighted by Crippen LogP contribution is -1.96. The Morgan fingerprint density at radius 1 is 1.05 bits per heavy atom. The van der Waals surface area contributed by atoms with Crippen LogP contribution in [0.15, 0.2) is 52.9 Å². The Hall–Kier alpha value is -2.13. The van der Waals surface area contributed by atoms with Crippen molar-refractivity contribution in [3.05, 3.63) is 59.3 Å². The van der Waals surface area contributed by atoms with E-state index in [4.69, 9.17) is 25.5 Å². The number of methoxy groups -OCH3 is 1. The maximum atomic E-state index is 6.11. The van der Waals surface area contributed by atoms with Gasteiger partial charge in [0, 0.05) is 5.39 Å². The van der Waals surface area contributed by atoms with Crippen molar-refractivity contribution in [2.75, 3.05) is 7.11 Å². The summed E-state index contributed by atoms with van der Waals surface area (Å²) >= 11 is 6.11. The Morgan fingerprint density at radius 3 is 2.60 bits per heavy atom. The first kappa shape index (κ1) is 12.9. The van der Waals surface area contributed by atoms with Crippen LogP contribution in [0.25, 0.3) is 11.0 Å². The van der Waals surface area contributed by atoms with E-state index >= 15 is 0 Å². The third-order valence-corrected chi connectivity index (χ3v) is 3.33. The summed E-state index contributed by atoms with van der Waals surface area (Å²) in [6.07, 6.45) is 0. The highest BCUT2D eigenvalue weighted by molar-refractivity contribution is 6.35. The molecule has 0 saturated heterocycles. The highest BCUT2D eigenvalue weighted by Gasteiger charge is 2.08. The molecule has 3 aromatic rings. The van der Waals surface area contributed by atoms with Gasteiger partial charge in [-0.2, -0.15) is 0 Å². The third kappa shape index (κ3) is 2.45. The molecule has 20 heavy (non-hydrogen) atoms. The lowest BCUT2D eigenvalue weighted by molar-refractivity contribution is 0.259. The number of para-hydroxylation sites is 2. The van der Waals surface area contributed by atoms with Gasteiger partial charge in [0.15, 0.2) is 11.5 Å². The normalized spacial score (nSPS) is 10.7. The number of furan rings is 1. The molecule has 102 valence electrons. The summed E-state index contributed by atoms with van der Waals surface area (Å²) in [5, 5.41) is 1.57. The first-order valence-electron chi connectivity index (χ1n) is 6.20. The van der Waals surface area contributed by atoms with Crippen molar-refractivity contribution >= 4 is 22.6 Å². The van der Waals surface area contributed by atoms with Gasteiger partial charge in [-0.3, -0.25) is 0 Å². The number of hydrogen-bond acceptors (Lipinski definition) is 3. The van der Waals surface area contributed by atoms with Crippen molar-refractivity contribution in [3.63, 3.8) is 0 Å². The van der Waals surface area contributed by atoms with E-state index in [0.717, 1.165) is 16.7 Å². The molecule has 0 amide bonds. The molecule has 2 aromatic carbocycles. The van der Waals surface area contributed by atoms with E-state index in [2.05, 4.69) is 0 Å². The summed E-state index contributed by atoms with van der Waals surface area (Å²) < 4.78 is 16.7. The van der Waals surface area contributed by atoms with Gasteiger partial charge < -0.3 is 13.9 Å². The number of fused-ring (bicyclic) bond motifs is 1. The minimum Gasteiger partial charge on any atom is -0.493 e. The molecular weight excluding hydrogens is 276 g/mol. The predicted molar refractivity (Wildman–Crippen MR) is 78.6 cm³/mol. The molecular formula is C16H13ClO3. The zero-order valence-corrected chi connectivity index (χ0v) is 11.7. The number of rotatable bonds is 4. The molecule has 0 atom stereocenters. The van der Waals surface area contributed by atoms with Gasteiger partial charge in [-0.05, 0) is 30.3 Å². The summed E-state index contributed by atoms with van der Waals surface area (Å²) in [5.74, 6) is 2.10. The van der Waals surface area contributed by atoms with Crippen LogP contribution in [0.1, 0.15) is 5.76 Å². The summed E-state index contributed by atoms with van der Waals surface area (Å²) in [6.45, 7) is 0.325. The molecule has 1 aromatic heterocycles. The third-order valence-electron chi connectivity index (χ3n) is 3.00. The topological polar surface area (TPSA) is 31.6 Å². The molecule has 0 N–H and O–H groups in total. The minimum atomic E-state index is 0.325. The first-order valence-corrected chi connectivity index (χ1v) is 6.58. The summed E-state index contributed by atoms with van der Waals surface area (Å²) in [6, 6.07) is 15.0. The van der Waals surface area contributed by atoms with E-state index in [9.17, 15) is 0 Å². The van der Waals surface area contributed by atoms with Gasteiger partial charge in [0.1, 0.15) is 18.0 Å². The van der Waals surface area contributed by atoms with Gasteiger partial charge in [-0.25, -0.2) is 0 Å². The van der Waals surface area contributed by atoms with Gasteiger partial charge >= 0.3 is 0 Å². The first-order chi connectivity index (χ1) is 9.78. The maximum Gasteiger partial charge on any atom is 0.161 e. The summed E-state index contributed by atoms with van der Waals surface area (Å²) in [5.41, 5.74) is 0.760. The van der Waals surface area contributed by atoms with Gasteiger partial charge in [0.25, 0.3) is 0 Å². The highest BCUT2D eigenvalue weighted by atomic mass is 35.5. The molecule has 3 nitrogen and oxygen atoms in total. The van der Waals surface area contributed by atoms with Crippen LogP contribution in [0.3, 0.4) is 0 Å². The molecule has 0 saturated carbocycles. The molecule has 0 unspecified atom stereocenters. The van der Waals surface area contributed by atoms with Crippen molar-refractivity contribution in [3.8, 4) is 11.5 Å². The molecule has 4 heteroatoms. The second kappa shape index (κ2) is 5.47. The van der Waals surface area contributed by atoms with Gasteiger partial charge in [0.2, 0.25) is 0 Å². The quantitative estimate of drug-likeness (QED) is 0.699. The average molecular weight is 289 g/mol. The minimum absolute atomic E-state index is 0.325. The molecule has 0 aliphatic rings. The predicted octanol–water partition coefficient (Wildman–Crippen LogP) is 4.67. The molecule has 0 bridgehead atoms. The zero-order chi connectivity index (χ0) is 13.9. The SMILES string of the molecule is COc1ccccc1OCc1cc2c(Cl)cccc2o1. The van der Waals surface area contributed by atoms with E-state index in [1.165, 1.54) is 0 Å². The van der Waals surface area contributed by atoms with Crippen LogP contribution in [0.5, 0.6) is 11.5 Å². The largest absolute Gasteiger partial charge is 0.493 e. The molecule has 0 aliphatic carbocycles. The van der Waals surface area contributed by atoms with E-state index in [1.54, 1.807) is 7.11 Å². The van der Waals surface area contributed by atoms with Gasteiger partial charge in [0.05, 0.1) is 12.1 Å². The molecule has 0 fully saturated rings. The van der Waals surface area contributed by atoms with E-state index in [-0.39, 0.29) is 0 Å². The lowest BCUT2D eigenvalue weighted by atomic mass is 10.2. The smallest absolute Gasteiger partial charge is 0.161 e. The standard InChI is InChI=1S/C16H13ClO3/c1-18-15-6-2-3-7-16(15)19-10-11-9-12-13(17)5-4-8-14(12)20-11/h2-9H,10H2,1H3. The fourth-order valence-electron chi connectivity index (χ4n) is 2.04. The average Bonchev–Trinajstić information content (AvgIpc) is 2.90. The Kier molecular flexibility index (Phi) is 3.52. The van der Waals surface area contributed by atoms with Crippen LogP contribution >= 0.6 is 11.6 Å². The van der Waals surface area contributed by atoms with Crippen LogP contribution < -0.4 is 9.47 Å². The van der Waals surface area contributed by atoms with Crippen LogP contribution in [-0.2, 0) is 6.61 Å². The lowest BCUT2D eigenvalue weighted by Gasteiger charge is -2.08. The second-order valence-electron chi connectivity index (χ2n) is 4.30.